The molecule has 112 valence electrons. The largest absolute Gasteiger partial charge is 0.399 e. The number of halogens is 1. The molecule has 0 aliphatic heterocycles. The molecule has 0 heterocycles. The fourth-order valence-electron chi connectivity index (χ4n) is 1.84. The van der Waals surface area contributed by atoms with Crippen LogP contribution in [0.1, 0.15) is 5.56 Å². The number of hydrogen-bond acceptors (Lipinski definition) is 4. The van der Waals surface area contributed by atoms with Crippen LogP contribution in [0.2, 0.25) is 0 Å². The molecule has 21 heavy (non-hydrogen) atoms. The highest BCUT2D eigenvalue weighted by Gasteiger charge is 2.18. The number of sulfonamides is 1. The molecule has 2 aromatic carbocycles. The van der Waals surface area contributed by atoms with Crippen molar-refractivity contribution in [1.29, 1.82) is 0 Å². The Morgan fingerprint density at radius 3 is 2.38 bits per heavy atom. The van der Waals surface area contributed by atoms with Crippen LogP contribution >= 0.6 is 0 Å². The van der Waals surface area contributed by atoms with Gasteiger partial charge in [-0.2, -0.15) is 0 Å². The molecule has 0 saturated heterocycles. The van der Waals surface area contributed by atoms with Crippen molar-refractivity contribution in [2.45, 2.75) is 11.8 Å². The minimum Gasteiger partial charge on any atom is -0.399 e. The maximum absolute atomic E-state index is 13.9. The Morgan fingerprint density at radius 1 is 1.10 bits per heavy atom. The SMILES string of the molecule is CNS(=O)(=O)c1cc(N)ccc1Nc1ccc(C)cc1F. The summed E-state index contributed by atoms with van der Waals surface area (Å²) in [5.74, 6) is -0.459. The van der Waals surface area contributed by atoms with Gasteiger partial charge in [0, 0.05) is 5.69 Å². The van der Waals surface area contributed by atoms with Gasteiger partial charge >= 0.3 is 0 Å². The predicted octanol–water partition coefficient (Wildman–Crippen LogP) is 2.37. The third-order valence-corrected chi connectivity index (χ3v) is 4.41. The minimum atomic E-state index is -3.71. The first-order valence-electron chi connectivity index (χ1n) is 6.20. The molecule has 0 aromatic heterocycles. The normalized spacial score (nSPS) is 11.4. The van der Waals surface area contributed by atoms with Gasteiger partial charge in [0.15, 0.2) is 0 Å². The van der Waals surface area contributed by atoms with Crippen LogP contribution in [0.4, 0.5) is 21.5 Å². The average Bonchev–Trinajstić information content (AvgIpc) is 2.43. The smallest absolute Gasteiger partial charge is 0.242 e. The lowest BCUT2D eigenvalue weighted by Gasteiger charge is -2.13. The van der Waals surface area contributed by atoms with E-state index < -0.39 is 15.8 Å². The van der Waals surface area contributed by atoms with Gasteiger partial charge in [-0.1, -0.05) is 6.07 Å². The van der Waals surface area contributed by atoms with E-state index in [9.17, 15) is 12.8 Å². The monoisotopic (exact) mass is 309 g/mol. The molecule has 0 radical (unpaired) electrons. The van der Waals surface area contributed by atoms with E-state index in [0.29, 0.717) is 5.69 Å². The number of hydrogen-bond donors (Lipinski definition) is 3. The lowest BCUT2D eigenvalue weighted by atomic mass is 10.2. The summed E-state index contributed by atoms with van der Waals surface area (Å²) in [6.07, 6.45) is 0. The molecule has 0 aliphatic rings. The Labute approximate surface area is 123 Å². The maximum Gasteiger partial charge on any atom is 0.242 e. The van der Waals surface area contributed by atoms with Crippen molar-refractivity contribution >= 4 is 27.1 Å². The van der Waals surface area contributed by atoms with Crippen molar-refractivity contribution < 1.29 is 12.8 Å². The van der Waals surface area contributed by atoms with Gasteiger partial charge in [-0.25, -0.2) is 17.5 Å². The fourth-order valence-corrected chi connectivity index (χ4v) is 2.76. The highest BCUT2D eigenvalue weighted by molar-refractivity contribution is 7.89. The lowest BCUT2D eigenvalue weighted by Crippen LogP contribution is -2.20. The second-order valence-corrected chi connectivity index (χ2v) is 6.43. The van der Waals surface area contributed by atoms with Crippen LogP contribution in [0, 0.1) is 12.7 Å². The first-order valence-corrected chi connectivity index (χ1v) is 7.68. The number of aryl methyl sites for hydroxylation is 1. The zero-order valence-corrected chi connectivity index (χ0v) is 12.5. The van der Waals surface area contributed by atoms with Gasteiger partial charge in [-0.15, -0.1) is 0 Å². The van der Waals surface area contributed by atoms with Crippen molar-refractivity contribution in [3.05, 3.63) is 47.8 Å². The second-order valence-electron chi connectivity index (χ2n) is 4.57. The van der Waals surface area contributed by atoms with Crippen LogP contribution < -0.4 is 15.8 Å². The van der Waals surface area contributed by atoms with Gasteiger partial charge in [-0.05, 0) is 49.9 Å². The summed E-state index contributed by atoms with van der Waals surface area (Å²) < 4.78 is 40.1. The molecule has 0 atom stereocenters. The summed E-state index contributed by atoms with van der Waals surface area (Å²) in [5, 5.41) is 2.79. The molecule has 7 heteroatoms. The second kappa shape index (κ2) is 5.71. The summed E-state index contributed by atoms with van der Waals surface area (Å²) in [5.41, 5.74) is 7.15. The molecule has 0 saturated carbocycles. The molecule has 2 rings (SSSR count). The molecular formula is C14H16FN3O2S. The zero-order chi connectivity index (χ0) is 15.6. The van der Waals surface area contributed by atoms with E-state index in [1.165, 1.54) is 25.2 Å². The van der Waals surface area contributed by atoms with Crippen LogP contribution in [0.15, 0.2) is 41.3 Å². The van der Waals surface area contributed by atoms with Gasteiger partial charge in [-0.3, -0.25) is 0 Å². The number of nitrogens with two attached hydrogens (primary N) is 1. The lowest BCUT2D eigenvalue weighted by molar-refractivity contribution is 0.588. The van der Waals surface area contributed by atoms with Crippen LogP contribution in [-0.4, -0.2) is 15.5 Å². The van der Waals surface area contributed by atoms with E-state index in [0.717, 1.165) is 5.56 Å². The standard InChI is InChI=1S/C14H16FN3O2S/c1-9-3-5-12(11(15)7-9)18-13-6-4-10(16)8-14(13)21(19,20)17-2/h3-8,17-18H,16H2,1-2H3. The van der Waals surface area contributed by atoms with Crippen molar-refractivity contribution in [3.63, 3.8) is 0 Å². The van der Waals surface area contributed by atoms with Crippen molar-refractivity contribution in [3.8, 4) is 0 Å². The summed E-state index contributed by atoms with van der Waals surface area (Å²) >= 11 is 0. The number of rotatable bonds is 4. The average molecular weight is 309 g/mol. The molecule has 2 aromatic rings. The van der Waals surface area contributed by atoms with Gasteiger partial charge in [0.2, 0.25) is 10.0 Å². The van der Waals surface area contributed by atoms with E-state index in [4.69, 9.17) is 5.73 Å². The third kappa shape index (κ3) is 3.32. The summed E-state index contributed by atoms with van der Waals surface area (Å²) in [6.45, 7) is 1.77. The molecule has 0 bridgehead atoms. The first-order chi connectivity index (χ1) is 9.83. The zero-order valence-electron chi connectivity index (χ0n) is 11.6. The van der Waals surface area contributed by atoms with E-state index >= 15 is 0 Å². The van der Waals surface area contributed by atoms with Gasteiger partial charge in [0.1, 0.15) is 10.7 Å². The van der Waals surface area contributed by atoms with Gasteiger partial charge in [0.25, 0.3) is 0 Å². The molecule has 0 amide bonds. The minimum absolute atomic E-state index is 0.0371. The molecular weight excluding hydrogens is 293 g/mol. The number of nitrogens with one attached hydrogen (secondary N) is 2. The van der Waals surface area contributed by atoms with Gasteiger partial charge < -0.3 is 11.1 Å². The van der Waals surface area contributed by atoms with E-state index in [1.54, 1.807) is 25.1 Å². The number of benzene rings is 2. The molecule has 0 aliphatic carbocycles. The van der Waals surface area contributed by atoms with Crippen LogP contribution in [-0.2, 0) is 10.0 Å². The highest BCUT2D eigenvalue weighted by Crippen LogP contribution is 2.28. The molecule has 5 nitrogen and oxygen atoms in total. The third-order valence-electron chi connectivity index (χ3n) is 2.96. The maximum atomic E-state index is 13.9. The quantitative estimate of drug-likeness (QED) is 0.757. The topological polar surface area (TPSA) is 84.2 Å². The number of nitrogen functional groups attached to an aromatic ring is 1. The Hall–Kier alpha value is -2.12. The van der Waals surface area contributed by atoms with Crippen molar-refractivity contribution in [1.82, 2.24) is 4.72 Å². The summed E-state index contributed by atoms with van der Waals surface area (Å²) in [7, 11) is -2.41. The molecule has 0 unspecified atom stereocenters. The van der Waals surface area contributed by atoms with Crippen LogP contribution in [0.5, 0.6) is 0 Å². The fraction of sp³-hybridized carbons (Fsp3) is 0.143. The van der Waals surface area contributed by atoms with Crippen LogP contribution in [0.3, 0.4) is 0 Å². The Morgan fingerprint density at radius 2 is 1.76 bits per heavy atom. The molecule has 0 spiro atoms. The molecule has 0 fully saturated rings. The predicted molar refractivity (Wildman–Crippen MR) is 81.5 cm³/mol. The Balaban J connectivity index is 2.50. The van der Waals surface area contributed by atoms with Gasteiger partial charge in [0.05, 0.1) is 11.4 Å². The first kappa shape index (κ1) is 15.3. The van der Waals surface area contributed by atoms with Crippen LogP contribution in [0.25, 0.3) is 0 Å². The Bertz CT molecular complexity index is 776. The molecule has 4 N–H and O–H groups in total. The van der Waals surface area contributed by atoms with E-state index in [1.807, 2.05) is 0 Å². The summed E-state index contributed by atoms with van der Waals surface area (Å²) in [6, 6.07) is 9.01. The van der Waals surface area contributed by atoms with Crippen molar-refractivity contribution in [2.75, 3.05) is 18.1 Å². The Kier molecular flexibility index (Phi) is 4.15. The van der Waals surface area contributed by atoms with E-state index in [-0.39, 0.29) is 16.3 Å². The number of anilines is 3. The summed E-state index contributed by atoms with van der Waals surface area (Å²) in [4.78, 5) is -0.0371. The van der Waals surface area contributed by atoms with E-state index in [2.05, 4.69) is 10.0 Å². The highest BCUT2D eigenvalue weighted by atomic mass is 32.2. The van der Waals surface area contributed by atoms with Crippen molar-refractivity contribution in [2.24, 2.45) is 0 Å².